The molecule has 1 amide bonds. The van der Waals surface area contributed by atoms with Crippen molar-refractivity contribution in [2.75, 3.05) is 32.8 Å². The van der Waals surface area contributed by atoms with Crippen molar-refractivity contribution in [3.8, 4) is 11.8 Å². The Morgan fingerprint density at radius 1 is 1.21 bits per heavy atom. The van der Waals surface area contributed by atoms with Crippen molar-refractivity contribution in [1.29, 1.82) is 5.26 Å². The maximum atomic E-state index is 12.8. The van der Waals surface area contributed by atoms with Gasteiger partial charge in [0, 0.05) is 45.1 Å². The molecule has 2 aromatic rings. The Bertz CT molecular complexity index is 848. The van der Waals surface area contributed by atoms with Crippen LogP contribution in [-0.2, 0) is 11.3 Å². The van der Waals surface area contributed by atoms with Gasteiger partial charge in [0.1, 0.15) is 17.4 Å². The molecule has 6 nitrogen and oxygen atoms in total. The number of rotatable bonds is 6. The van der Waals surface area contributed by atoms with Gasteiger partial charge in [-0.3, -0.25) is 14.7 Å². The van der Waals surface area contributed by atoms with Crippen LogP contribution in [0.1, 0.15) is 18.1 Å². The normalized spacial score (nSPS) is 15.1. The number of nitriles is 1. The second-order valence-electron chi connectivity index (χ2n) is 6.60. The van der Waals surface area contributed by atoms with E-state index in [1.807, 2.05) is 43.5 Å². The maximum Gasteiger partial charge on any atom is 0.264 e. The van der Waals surface area contributed by atoms with Gasteiger partial charge in [-0.25, -0.2) is 0 Å². The Labute approximate surface area is 165 Å². The predicted octanol–water partition coefficient (Wildman–Crippen LogP) is 2.73. The number of amides is 1. The molecule has 1 fully saturated rings. The standard InChI is InChI=1S/C22H24N4O2/c1-2-28-21-7-5-18(6-8-21)14-20(15-23)22(27)26-12-10-25(11-13-26)17-19-4-3-9-24-16-19/h3-9,14,16H,2,10-13,17H2,1H3/b20-14+. The number of pyridine rings is 1. The summed E-state index contributed by atoms with van der Waals surface area (Å²) in [6.07, 6.45) is 5.27. The predicted molar refractivity (Wildman–Crippen MR) is 107 cm³/mol. The van der Waals surface area contributed by atoms with E-state index in [1.165, 1.54) is 0 Å². The number of nitrogens with zero attached hydrogens (tertiary/aromatic N) is 4. The molecule has 0 aliphatic carbocycles. The zero-order chi connectivity index (χ0) is 19.8. The fourth-order valence-corrected chi connectivity index (χ4v) is 3.16. The molecule has 0 bridgehead atoms. The number of carbonyl (C=O) groups is 1. The van der Waals surface area contributed by atoms with Crippen molar-refractivity contribution in [2.45, 2.75) is 13.5 Å². The van der Waals surface area contributed by atoms with Gasteiger partial charge in [0.15, 0.2) is 0 Å². The van der Waals surface area contributed by atoms with E-state index >= 15 is 0 Å². The lowest BCUT2D eigenvalue weighted by atomic mass is 10.1. The molecule has 28 heavy (non-hydrogen) atoms. The first kappa shape index (κ1) is 19.6. The highest BCUT2D eigenvalue weighted by Gasteiger charge is 2.23. The van der Waals surface area contributed by atoms with Crippen LogP contribution in [0, 0.1) is 11.3 Å². The van der Waals surface area contributed by atoms with Gasteiger partial charge in [-0.2, -0.15) is 5.26 Å². The van der Waals surface area contributed by atoms with Crippen LogP contribution in [0.4, 0.5) is 0 Å². The highest BCUT2D eigenvalue weighted by Crippen LogP contribution is 2.16. The quantitative estimate of drug-likeness (QED) is 0.573. The number of hydrogen-bond donors (Lipinski definition) is 0. The molecular weight excluding hydrogens is 352 g/mol. The average molecular weight is 376 g/mol. The van der Waals surface area contributed by atoms with E-state index in [4.69, 9.17) is 4.74 Å². The fraction of sp³-hybridized carbons (Fsp3) is 0.318. The first-order valence-corrected chi connectivity index (χ1v) is 9.45. The molecule has 0 N–H and O–H groups in total. The minimum atomic E-state index is -0.211. The monoisotopic (exact) mass is 376 g/mol. The van der Waals surface area contributed by atoms with E-state index < -0.39 is 0 Å². The molecule has 1 saturated heterocycles. The van der Waals surface area contributed by atoms with Gasteiger partial charge in [-0.1, -0.05) is 18.2 Å². The van der Waals surface area contributed by atoms with Crippen LogP contribution in [0.25, 0.3) is 6.08 Å². The number of benzene rings is 1. The summed E-state index contributed by atoms with van der Waals surface area (Å²) in [6.45, 7) is 6.14. The number of carbonyl (C=O) groups excluding carboxylic acids is 1. The third-order valence-electron chi connectivity index (χ3n) is 4.64. The Morgan fingerprint density at radius 3 is 2.57 bits per heavy atom. The zero-order valence-electron chi connectivity index (χ0n) is 16.0. The van der Waals surface area contributed by atoms with Crippen molar-refractivity contribution in [1.82, 2.24) is 14.8 Å². The topological polar surface area (TPSA) is 69.5 Å². The molecule has 0 atom stereocenters. The first-order chi connectivity index (χ1) is 13.7. The summed E-state index contributed by atoms with van der Waals surface area (Å²) in [4.78, 5) is 20.9. The highest BCUT2D eigenvalue weighted by molar-refractivity contribution is 6.01. The number of hydrogen-bond acceptors (Lipinski definition) is 5. The molecule has 1 aliphatic rings. The third kappa shape index (κ3) is 5.18. The molecule has 6 heteroatoms. The molecule has 1 aliphatic heterocycles. The number of aromatic nitrogens is 1. The van der Waals surface area contributed by atoms with Gasteiger partial charge in [-0.05, 0) is 42.3 Å². The van der Waals surface area contributed by atoms with Gasteiger partial charge in [0.2, 0.25) is 0 Å². The second kappa shape index (κ2) is 9.67. The van der Waals surface area contributed by atoms with Gasteiger partial charge in [-0.15, -0.1) is 0 Å². The second-order valence-corrected chi connectivity index (χ2v) is 6.60. The van der Waals surface area contributed by atoms with Crippen LogP contribution in [0.3, 0.4) is 0 Å². The Hall–Kier alpha value is -3.17. The van der Waals surface area contributed by atoms with Crippen molar-refractivity contribution in [3.63, 3.8) is 0 Å². The molecule has 1 aromatic heterocycles. The molecule has 0 spiro atoms. The van der Waals surface area contributed by atoms with Crippen LogP contribution < -0.4 is 4.74 Å². The van der Waals surface area contributed by atoms with Crippen LogP contribution in [0.15, 0.2) is 54.4 Å². The van der Waals surface area contributed by atoms with Gasteiger partial charge >= 0.3 is 0 Å². The Balaban J connectivity index is 1.58. The summed E-state index contributed by atoms with van der Waals surface area (Å²) in [5.74, 6) is 0.562. The summed E-state index contributed by atoms with van der Waals surface area (Å²) in [5.41, 5.74) is 2.13. The van der Waals surface area contributed by atoms with Crippen molar-refractivity contribution in [3.05, 3.63) is 65.5 Å². The van der Waals surface area contributed by atoms with Gasteiger partial charge in [0.25, 0.3) is 5.91 Å². The van der Waals surface area contributed by atoms with E-state index in [1.54, 1.807) is 17.2 Å². The van der Waals surface area contributed by atoms with Crippen LogP contribution in [-0.4, -0.2) is 53.5 Å². The summed E-state index contributed by atoms with van der Waals surface area (Å²) >= 11 is 0. The molecule has 1 aromatic carbocycles. The SMILES string of the molecule is CCOc1ccc(/C=C(\C#N)C(=O)N2CCN(Cc3cccnc3)CC2)cc1. The maximum absolute atomic E-state index is 12.8. The Morgan fingerprint density at radius 2 is 1.96 bits per heavy atom. The van der Waals surface area contributed by atoms with Gasteiger partial charge in [0.05, 0.1) is 6.61 Å². The minimum Gasteiger partial charge on any atom is -0.494 e. The average Bonchev–Trinajstić information content (AvgIpc) is 2.74. The van der Waals surface area contributed by atoms with Gasteiger partial charge < -0.3 is 9.64 Å². The molecule has 3 rings (SSSR count). The number of piperazine rings is 1. The van der Waals surface area contributed by atoms with E-state index in [0.29, 0.717) is 19.7 Å². The van der Waals surface area contributed by atoms with Crippen molar-refractivity contribution < 1.29 is 9.53 Å². The summed E-state index contributed by atoms with van der Waals surface area (Å²) in [6, 6.07) is 13.4. The number of ether oxygens (including phenoxy) is 1. The Kier molecular flexibility index (Phi) is 6.77. The lowest BCUT2D eigenvalue weighted by Gasteiger charge is -2.34. The van der Waals surface area contributed by atoms with E-state index in [9.17, 15) is 10.1 Å². The minimum absolute atomic E-state index is 0.157. The molecular formula is C22H24N4O2. The molecule has 0 radical (unpaired) electrons. The molecule has 0 saturated carbocycles. The fourth-order valence-electron chi connectivity index (χ4n) is 3.16. The third-order valence-corrected chi connectivity index (χ3v) is 4.64. The van der Waals surface area contributed by atoms with E-state index in [2.05, 4.69) is 22.0 Å². The van der Waals surface area contributed by atoms with E-state index in [0.717, 1.165) is 36.5 Å². The lowest BCUT2D eigenvalue weighted by molar-refractivity contribution is -0.128. The van der Waals surface area contributed by atoms with Crippen molar-refractivity contribution in [2.24, 2.45) is 0 Å². The molecule has 0 unspecified atom stereocenters. The molecule has 2 heterocycles. The first-order valence-electron chi connectivity index (χ1n) is 9.45. The largest absolute Gasteiger partial charge is 0.494 e. The van der Waals surface area contributed by atoms with Crippen LogP contribution in [0.2, 0.25) is 0 Å². The summed E-state index contributed by atoms with van der Waals surface area (Å²) in [7, 11) is 0. The molecule has 144 valence electrons. The summed E-state index contributed by atoms with van der Waals surface area (Å²) < 4.78 is 5.42. The summed E-state index contributed by atoms with van der Waals surface area (Å²) in [5, 5.41) is 9.47. The lowest BCUT2D eigenvalue weighted by Crippen LogP contribution is -2.48. The van der Waals surface area contributed by atoms with Crippen molar-refractivity contribution >= 4 is 12.0 Å². The van der Waals surface area contributed by atoms with E-state index in [-0.39, 0.29) is 11.5 Å². The highest BCUT2D eigenvalue weighted by atomic mass is 16.5. The van der Waals surface area contributed by atoms with Crippen LogP contribution in [0.5, 0.6) is 5.75 Å². The zero-order valence-corrected chi connectivity index (χ0v) is 16.0. The van der Waals surface area contributed by atoms with Crippen LogP contribution >= 0.6 is 0 Å². The smallest absolute Gasteiger partial charge is 0.264 e.